The van der Waals surface area contributed by atoms with Gasteiger partial charge in [-0.3, -0.25) is 0 Å². The van der Waals surface area contributed by atoms with E-state index < -0.39 is 15.8 Å². The summed E-state index contributed by atoms with van der Waals surface area (Å²) in [6.07, 6.45) is 4.54. The Bertz CT molecular complexity index is 1410. The van der Waals surface area contributed by atoms with Gasteiger partial charge in [0, 0.05) is 29.0 Å². The Morgan fingerprint density at radius 1 is 1.19 bits per heavy atom. The fraction of sp³-hybridized carbons (Fsp3) is 0.417. The van der Waals surface area contributed by atoms with Gasteiger partial charge in [-0.25, -0.2) is 27.1 Å². The second kappa shape index (κ2) is 9.92. The largest absolute Gasteiger partial charge is 0.493 e. The van der Waals surface area contributed by atoms with E-state index in [0.717, 1.165) is 12.8 Å². The molecule has 0 amide bonds. The molecule has 0 spiro atoms. The molecule has 1 aromatic heterocycles. The Balaban J connectivity index is 1.32. The first-order valence-electron chi connectivity index (χ1n) is 11.4. The molecule has 0 bridgehead atoms. The maximum atomic E-state index is 14.6. The van der Waals surface area contributed by atoms with Gasteiger partial charge in [0.1, 0.15) is 12.1 Å². The number of rotatable bonds is 7. The van der Waals surface area contributed by atoms with Crippen molar-refractivity contribution in [1.29, 1.82) is 0 Å². The lowest BCUT2D eigenvalue weighted by molar-refractivity contribution is 0.231. The van der Waals surface area contributed by atoms with Gasteiger partial charge < -0.3 is 14.8 Å². The number of nitrogens with one attached hydrogen (secondary N) is 1. The highest BCUT2D eigenvalue weighted by Gasteiger charge is 2.43. The normalized spacial score (nSPS) is 22.1. The van der Waals surface area contributed by atoms with E-state index in [1.165, 1.54) is 12.6 Å². The van der Waals surface area contributed by atoms with Crippen LogP contribution in [0, 0.1) is 23.6 Å². The predicted octanol–water partition coefficient (Wildman–Crippen LogP) is 5.23. The van der Waals surface area contributed by atoms with Crippen molar-refractivity contribution < 1.29 is 22.3 Å². The summed E-state index contributed by atoms with van der Waals surface area (Å²) in [4.78, 5) is 8.63. The Labute approximate surface area is 222 Å². The number of ether oxygens (including phenoxy) is 2. The number of aromatic nitrogens is 2. The molecular weight excluding hydrogens is 575 g/mol. The highest BCUT2D eigenvalue weighted by Crippen LogP contribution is 2.43. The van der Waals surface area contributed by atoms with Crippen molar-refractivity contribution in [2.45, 2.75) is 12.8 Å². The van der Waals surface area contributed by atoms with E-state index in [1.807, 2.05) is 0 Å². The van der Waals surface area contributed by atoms with E-state index in [1.54, 1.807) is 35.7 Å². The molecule has 36 heavy (non-hydrogen) atoms. The van der Waals surface area contributed by atoms with E-state index in [2.05, 4.69) is 31.2 Å². The average molecular weight is 600 g/mol. The number of anilines is 2. The summed E-state index contributed by atoms with van der Waals surface area (Å²) in [5, 5.41) is 3.61. The number of halogens is 3. The third-order valence-corrected chi connectivity index (χ3v) is 9.46. The van der Waals surface area contributed by atoms with E-state index in [-0.39, 0.29) is 10.7 Å². The number of sulfonamides is 1. The van der Waals surface area contributed by atoms with Crippen LogP contribution < -0.4 is 14.8 Å². The molecule has 2 aromatic carbocycles. The smallest absolute Gasteiger partial charge is 0.211 e. The third kappa shape index (κ3) is 4.98. The molecule has 192 valence electrons. The van der Waals surface area contributed by atoms with Gasteiger partial charge >= 0.3 is 0 Å². The number of fused-ring (bicyclic) bond motifs is 2. The second-order valence-corrected chi connectivity index (χ2v) is 12.6. The highest BCUT2D eigenvalue weighted by molar-refractivity contribution is 9.10. The zero-order chi connectivity index (χ0) is 25.6. The number of nitrogens with zero attached hydrogens (tertiary/aromatic N) is 3. The van der Waals surface area contributed by atoms with E-state index >= 15 is 0 Å². The van der Waals surface area contributed by atoms with Gasteiger partial charge in [0.25, 0.3) is 0 Å². The topological polar surface area (TPSA) is 93.7 Å². The van der Waals surface area contributed by atoms with Crippen molar-refractivity contribution in [1.82, 2.24) is 14.3 Å². The predicted molar refractivity (Wildman–Crippen MR) is 140 cm³/mol. The zero-order valence-corrected chi connectivity index (χ0v) is 22.8. The lowest BCUT2D eigenvalue weighted by atomic mass is 10.0. The molecule has 1 unspecified atom stereocenters. The third-order valence-electron chi connectivity index (χ3n) is 6.97. The molecule has 12 heteroatoms. The minimum atomic E-state index is -3.14. The summed E-state index contributed by atoms with van der Waals surface area (Å²) in [5.41, 5.74) is 0.794. The molecule has 3 aromatic rings. The van der Waals surface area contributed by atoms with Crippen molar-refractivity contribution in [3.63, 3.8) is 0 Å². The Morgan fingerprint density at radius 2 is 1.92 bits per heavy atom. The van der Waals surface area contributed by atoms with E-state index in [0.29, 0.717) is 70.1 Å². The molecule has 2 fully saturated rings. The number of hydrogen-bond donors (Lipinski definition) is 1. The summed E-state index contributed by atoms with van der Waals surface area (Å²) in [7, 11) is -1.58. The van der Waals surface area contributed by atoms with Crippen LogP contribution in [0.2, 0.25) is 5.02 Å². The first-order valence-corrected chi connectivity index (χ1v) is 14.5. The van der Waals surface area contributed by atoms with Gasteiger partial charge in [-0.15, -0.1) is 0 Å². The molecule has 1 aliphatic carbocycles. The Hall–Kier alpha value is -2.21. The van der Waals surface area contributed by atoms with Crippen LogP contribution in [0.25, 0.3) is 10.9 Å². The van der Waals surface area contributed by atoms with Gasteiger partial charge in [-0.05, 0) is 64.7 Å². The molecule has 2 heterocycles. The summed E-state index contributed by atoms with van der Waals surface area (Å²) in [6, 6.07) is 6.77. The molecule has 0 radical (unpaired) electrons. The number of benzene rings is 2. The molecule has 1 N–H and O–H groups in total. The summed E-state index contributed by atoms with van der Waals surface area (Å²) < 4.78 is 52.1. The maximum Gasteiger partial charge on any atom is 0.211 e. The quantitative estimate of drug-likeness (QED) is 0.372. The van der Waals surface area contributed by atoms with Gasteiger partial charge in [0.05, 0.1) is 36.2 Å². The summed E-state index contributed by atoms with van der Waals surface area (Å²) >= 11 is 9.24. The first kappa shape index (κ1) is 25.4. The van der Waals surface area contributed by atoms with Crippen LogP contribution in [0.1, 0.15) is 12.8 Å². The summed E-state index contributed by atoms with van der Waals surface area (Å²) in [6.45, 7) is 1.69. The minimum Gasteiger partial charge on any atom is -0.493 e. The number of hydrogen-bond acceptors (Lipinski definition) is 7. The SMILES string of the molecule is COc1cc2c(Nc3ccc(Br)c(Cl)c3F)ncnc2cc1OCC1C[C@@H]2CN(S(C)(=O)=O)C[C@@H]2C1. The molecule has 1 saturated carbocycles. The van der Waals surface area contributed by atoms with Crippen LogP contribution in [0.5, 0.6) is 11.5 Å². The van der Waals surface area contributed by atoms with Crippen LogP contribution in [0.4, 0.5) is 15.9 Å². The number of methoxy groups -OCH3 is 1. The molecule has 3 atom stereocenters. The fourth-order valence-electron chi connectivity index (χ4n) is 5.18. The van der Waals surface area contributed by atoms with Crippen molar-refractivity contribution in [3.05, 3.63) is 45.9 Å². The van der Waals surface area contributed by atoms with Crippen LogP contribution in [-0.4, -0.2) is 55.8 Å². The molecule has 2 aliphatic rings. The molecule has 5 rings (SSSR count). The monoisotopic (exact) mass is 598 g/mol. The van der Waals surface area contributed by atoms with Crippen LogP contribution in [0.3, 0.4) is 0 Å². The van der Waals surface area contributed by atoms with Crippen molar-refractivity contribution in [2.24, 2.45) is 17.8 Å². The van der Waals surface area contributed by atoms with Gasteiger partial charge in [-0.2, -0.15) is 0 Å². The van der Waals surface area contributed by atoms with Crippen LogP contribution >= 0.6 is 27.5 Å². The average Bonchev–Trinajstić information content (AvgIpc) is 3.42. The van der Waals surface area contributed by atoms with Gasteiger partial charge in [0.15, 0.2) is 17.3 Å². The molecule has 8 nitrogen and oxygen atoms in total. The van der Waals surface area contributed by atoms with Gasteiger partial charge in [-0.1, -0.05) is 11.6 Å². The molecule has 1 saturated heterocycles. The zero-order valence-electron chi connectivity index (χ0n) is 19.7. The fourth-order valence-corrected chi connectivity index (χ4v) is 6.58. The summed E-state index contributed by atoms with van der Waals surface area (Å²) in [5.74, 6) is 1.97. The van der Waals surface area contributed by atoms with E-state index in [4.69, 9.17) is 21.1 Å². The van der Waals surface area contributed by atoms with E-state index in [9.17, 15) is 12.8 Å². The lowest BCUT2D eigenvalue weighted by Gasteiger charge is -2.18. The Morgan fingerprint density at radius 3 is 2.58 bits per heavy atom. The van der Waals surface area contributed by atoms with Crippen LogP contribution in [0.15, 0.2) is 35.1 Å². The second-order valence-electron chi connectivity index (χ2n) is 9.34. The standard InChI is InChI=1S/C24H25BrClFN4O4S/c1-34-20-7-16-19(28-12-29-24(16)30-18-4-3-17(25)22(26)23(18)27)8-21(20)35-11-13-5-14-9-31(36(2,32)33)10-15(14)6-13/h3-4,7-8,12-15H,5-6,9-11H2,1-2H3,(H,28,29,30)/t13?,14-,15+. The maximum absolute atomic E-state index is 14.6. The lowest BCUT2D eigenvalue weighted by Crippen LogP contribution is -2.29. The van der Waals surface area contributed by atoms with Crippen molar-refractivity contribution in [3.8, 4) is 11.5 Å². The molecular formula is C24H25BrClFN4O4S. The van der Waals surface area contributed by atoms with Crippen molar-refractivity contribution in [2.75, 3.05) is 38.4 Å². The van der Waals surface area contributed by atoms with Gasteiger partial charge in [0.2, 0.25) is 10.0 Å². The minimum absolute atomic E-state index is 0.0216. The first-order chi connectivity index (χ1) is 17.1. The van der Waals surface area contributed by atoms with Crippen LogP contribution in [-0.2, 0) is 10.0 Å². The molecule has 1 aliphatic heterocycles. The Kier molecular flexibility index (Phi) is 7.01. The van der Waals surface area contributed by atoms with Crippen molar-refractivity contribution >= 4 is 60.0 Å². The highest BCUT2D eigenvalue weighted by atomic mass is 79.9.